The highest BCUT2D eigenvalue weighted by Gasteiger charge is 2.26. The summed E-state index contributed by atoms with van der Waals surface area (Å²) in [5.41, 5.74) is 3.47. The van der Waals surface area contributed by atoms with Crippen LogP contribution in [0.25, 0.3) is 11.4 Å². The second-order valence-corrected chi connectivity index (χ2v) is 9.73. The number of aliphatic hydroxyl groups excluding tert-OH is 2. The fraction of sp³-hybridized carbons (Fsp3) is 0.393. The number of halogens is 2. The molecule has 1 heterocycles. The predicted molar refractivity (Wildman–Crippen MR) is 140 cm³/mol. The largest absolute Gasteiger partial charge is 0.393 e. The second-order valence-electron chi connectivity index (χ2n) is 9.32. The molecule has 0 aliphatic carbocycles. The average Bonchev–Trinajstić information content (AvgIpc) is 3.22. The molecule has 0 saturated heterocycles. The summed E-state index contributed by atoms with van der Waals surface area (Å²) in [5.74, 6) is -0.250. The van der Waals surface area contributed by atoms with Crippen molar-refractivity contribution in [2.24, 2.45) is 0 Å². The van der Waals surface area contributed by atoms with Gasteiger partial charge in [0.05, 0.1) is 17.9 Å². The summed E-state index contributed by atoms with van der Waals surface area (Å²) < 4.78 is 15.5. The van der Waals surface area contributed by atoms with Crippen molar-refractivity contribution < 1.29 is 19.4 Å². The van der Waals surface area contributed by atoms with Gasteiger partial charge in [-0.2, -0.15) is 0 Å². The van der Waals surface area contributed by atoms with E-state index < -0.39 is 12.2 Å². The van der Waals surface area contributed by atoms with Crippen LogP contribution in [-0.2, 0) is 13.1 Å². The number of amides is 1. The molecule has 6 nitrogen and oxygen atoms in total. The van der Waals surface area contributed by atoms with Crippen molar-refractivity contribution in [3.63, 3.8) is 0 Å². The number of carbonyl (C=O) groups excluding carboxylic acids is 1. The van der Waals surface area contributed by atoms with Crippen LogP contribution >= 0.6 is 11.6 Å². The Morgan fingerprint density at radius 3 is 2.47 bits per heavy atom. The fourth-order valence-electron chi connectivity index (χ4n) is 4.23. The lowest BCUT2D eigenvalue weighted by Gasteiger charge is -2.19. The molecule has 3 N–H and O–H groups in total. The van der Waals surface area contributed by atoms with Crippen LogP contribution in [0.15, 0.2) is 42.5 Å². The van der Waals surface area contributed by atoms with E-state index in [4.69, 9.17) is 16.6 Å². The molecule has 2 aromatic carbocycles. The number of carbonyl (C=O) groups is 1. The molecule has 1 amide bonds. The fourth-order valence-corrected chi connectivity index (χ4v) is 4.52. The highest BCUT2D eigenvalue weighted by atomic mass is 35.5. The minimum atomic E-state index is -0.745. The highest BCUT2D eigenvalue weighted by Crippen LogP contribution is 2.29. The van der Waals surface area contributed by atoms with Gasteiger partial charge in [0.2, 0.25) is 0 Å². The normalized spacial score (nSPS) is 13.1. The molecule has 3 rings (SSSR count). The standard InChI is InChI=1S/C28H34ClFN3O3/c1-5-21(34)15-22(35)13-14-33-26(17(2)3)25(32-27(33)19-9-11-20(30)12-10-19)28(36)31-16-23-18(4)7-6-8-24(23)29/h6-12,17,21-22,34-35H,1,5,13-16H2,2-4H3,(H,31,36). The molecule has 2 unspecified atom stereocenters. The van der Waals surface area contributed by atoms with Gasteiger partial charge in [-0.25, -0.2) is 9.37 Å². The molecule has 0 aliphatic heterocycles. The quantitative estimate of drug-likeness (QED) is 0.318. The molecule has 3 aromatic rings. The third-order valence-corrected chi connectivity index (χ3v) is 6.57. The van der Waals surface area contributed by atoms with E-state index in [2.05, 4.69) is 12.2 Å². The highest BCUT2D eigenvalue weighted by molar-refractivity contribution is 6.31. The lowest BCUT2D eigenvalue weighted by Crippen LogP contribution is -2.25. The molecule has 8 heteroatoms. The molecule has 1 aromatic heterocycles. The van der Waals surface area contributed by atoms with Gasteiger partial charge in [0, 0.05) is 23.7 Å². The van der Waals surface area contributed by atoms with Gasteiger partial charge < -0.3 is 20.1 Å². The van der Waals surface area contributed by atoms with E-state index in [1.54, 1.807) is 18.2 Å². The van der Waals surface area contributed by atoms with Gasteiger partial charge in [-0.3, -0.25) is 4.79 Å². The zero-order valence-corrected chi connectivity index (χ0v) is 21.7. The maximum Gasteiger partial charge on any atom is 0.272 e. The number of aromatic nitrogens is 2. The third kappa shape index (κ3) is 6.72. The predicted octanol–water partition coefficient (Wildman–Crippen LogP) is 5.43. The van der Waals surface area contributed by atoms with Crippen LogP contribution < -0.4 is 5.32 Å². The summed E-state index contributed by atoms with van der Waals surface area (Å²) in [6.07, 6.45) is -0.549. The Balaban J connectivity index is 1.96. The molecule has 1 radical (unpaired) electrons. The van der Waals surface area contributed by atoms with Gasteiger partial charge in [-0.1, -0.05) is 44.5 Å². The summed E-state index contributed by atoms with van der Waals surface area (Å²) in [5, 5.41) is 23.8. The number of aliphatic hydroxyl groups is 2. The summed E-state index contributed by atoms with van der Waals surface area (Å²) in [6, 6.07) is 11.5. The van der Waals surface area contributed by atoms with Gasteiger partial charge in [0.1, 0.15) is 17.3 Å². The van der Waals surface area contributed by atoms with E-state index in [0.717, 1.165) is 11.1 Å². The van der Waals surface area contributed by atoms with E-state index in [9.17, 15) is 19.4 Å². The van der Waals surface area contributed by atoms with E-state index in [0.29, 0.717) is 41.5 Å². The van der Waals surface area contributed by atoms with Crippen LogP contribution in [-0.4, -0.2) is 37.9 Å². The zero-order valence-electron chi connectivity index (χ0n) is 21.0. The first-order valence-corrected chi connectivity index (χ1v) is 12.5. The van der Waals surface area contributed by atoms with Gasteiger partial charge in [0.15, 0.2) is 0 Å². The van der Waals surface area contributed by atoms with Crippen molar-refractivity contribution in [2.45, 2.75) is 71.2 Å². The molecular weight excluding hydrogens is 481 g/mol. The zero-order chi connectivity index (χ0) is 26.4. The van der Waals surface area contributed by atoms with Gasteiger partial charge >= 0.3 is 0 Å². The lowest BCUT2D eigenvalue weighted by atomic mass is 10.0. The van der Waals surface area contributed by atoms with Crippen LogP contribution in [0.2, 0.25) is 5.02 Å². The van der Waals surface area contributed by atoms with Crippen molar-refractivity contribution in [3.8, 4) is 11.4 Å². The molecule has 193 valence electrons. The van der Waals surface area contributed by atoms with Crippen LogP contribution in [0.5, 0.6) is 0 Å². The Hall–Kier alpha value is -2.74. The molecular formula is C28H34ClFN3O3. The van der Waals surface area contributed by atoms with Crippen molar-refractivity contribution >= 4 is 17.5 Å². The Kier molecular flexibility index (Phi) is 9.65. The summed E-state index contributed by atoms with van der Waals surface area (Å²) in [7, 11) is 0. The number of nitrogens with zero attached hydrogens (tertiary/aromatic N) is 2. The third-order valence-electron chi connectivity index (χ3n) is 6.21. The van der Waals surface area contributed by atoms with Crippen LogP contribution in [0.1, 0.15) is 66.3 Å². The molecule has 0 spiro atoms. The number of imidazole rings is 1. The lowest BCUT2D eigenvalue weighted by molar-refractivity contribution is 0.0742. The SMILES string of the molecule is [CH2]CC(O)CC(O)CCn1c(-c2ccc(F)cc2)nc(C(=O)NCc2c(C)cccc2Cl)c1C(C)C. The number of nitrogens with one attached hydrogen (secondary N) is 1. The minimum absolute atomic E-state index is 0.0583. The first kappa shape index (κ1) is 27.8. The molecule has 0 bridgehead atoms. The number of hydrogen-bond acceptors (Lipinski definition) is 4. The maximum absolute atomic E-state index is 13.6. The monoisotopic (exact) mass is 514 g/mol. The summed E-state index contributed by atoms with van der Waals surface area (Å²) in [6.45, 7) is 10.2. The van der Waals surface area contributed by atoms with Crippen molar-refractivity contribution in [2.75, 3.05) is 0 Å². The topological polar surface area (TPSA) is 87.4 Å². The molecule has 0 aliphatic rings. The molecule has 36 heavy (non-hydrogen) atoms. The summed E-state index contributed by atoms with van der Waals surface area (Å²) >= 11 is 6.33. The van der Waals surface area contributed by atoms with Crippen LogP contribution in [0.4, 0.5) is 4.39 Å². The second kappa shape index (κ2) is 12.5. The Morgan fingerprint density at radius 1 is 1.17 bits per heavy atom. The van der Waals surface area contributed by atoms with Gasteiger partial charge in [-0.15, -0.1) is 0 Å². The van der Waals surface area contributed by atoms with Crippen LogP contribution in [0, 0.1) is 19.7 Å². The van der Waals surface area contributed by atoms with Gasteiger partial charge in [-0.05, 0) is 73.6 Å². The Bertz CT molecular complexity index is 1160. The Labute approximate surface area is 217 Å². The first-order valence-electron chi connectivity index (χ1n) is 12.2. The van der Waals surface area contributed by atoms with E-state index in [-0.39, 0.29) is 36.3 Å². The number of hydrogen-bond donors (Lipinski definition) is 3. The first-order chi connectivity index (χ1) is 17.1. The van der Waals surface area contributed by atoms with Crippen molar-refractivity contribution in [1.82, 2.24) is 14.9 Å². The van der Waals surface area contributed by atoms with Crippen LogP contribution in [0.3, 0.4) is 0 Å². The molecule has 0 saturated carbocycles. The van der Waals surface area contributed by atoms with Crippen molar-refractivity contribution in [3.05, 3.63) is 82.7 Å². The molecule has 2 atom stereocenters. The van der Waals surface area contributed by atoms with E-state index in [1.807, 2.05) is 37.5 Å². The van der Waals surface area contributed by atoms with Gasteiger partial charge in [0.25, 0.3) is 5.91 Å². The minimum Gasteiger partial charge on any atom is -0.393 e. The summed E-state index contributed by atoms with van der Waals surface area (Å²) in [4.78, 5) is 18.1. The van der Waals surface area contributed by atoms with E-state index in [1.165, 1.54) is 12.1 Å². The van der Waals surface area contributed by atoms with E-state index >= 15 is 0 Å². The molecule has 0 fully saturated rings. The Morgan fingerprint density at radius 2 is 1.86 bits per heavy atom. The number of rotatable bonds is 11. The average molecular weight is 515 g/mol. The number of aryl methyl sites for hydroxylation is 1. The number of benzene rings is 2. The maximum atomic E-state index is 13.6. The van der Waals surface area contributed by atoms with Crippen molar-refractivity contribution in [1.29, 1.82) is 0 Å². The smallest absolute Gasteiger partial charge is 0.272 e.